The Kier molecular flexibility index (Phi) is 5.90. The van der Waals surface area contributed by atoms with Crippen LogP contribution in [0.5, 0.6) is 5.75 Å². The normalized spacial score (nSPS) is 12.2. The third-order valence-electron chi connectivity index (χ3n) is 5.36. The standard InChI is InChI=1S/C23H24N4O3S/c1-14(8-9-15-6-4-3-5-7-15)24-19(28)13-27-22(29)21-20(26-23(27)31)17-12-16(30-2)10-11-18(17)25-21/h3-7,10-12,14,25H,8-9,13H2,1-2H3,(H,24,28)(H,26,31)/t14-/m1/s1. The molecule has 0 saturated carbocycles. The van der Waals surface area contributed by atoms with Crippen molar-refractivity contribution in [1.29, 1.82) is 0 Å². The zero-order valence-corrected chi connectivity index (χ0v) is 18.2. The molecule has 31 heavy (non-hydrogen) atoms. The van der Waals surface area contributed by atoms with Gasteiger partial charge in [0.1, 0.15) is 17.8 Å². The number of aromatic amines is 2. The molecule has 0 saturated heterocycles. The van der Waals surface area contributed by atoms with E-state index in [4.69, 9.17) is 17.0 Å². The molecular formula is C23H24N4O3S. The molecule has 1 atom stereocenters. The number of amides is 1. The largest absolute Gasteiger partial charge is 0.497 e. The van der Waals surface area contributed by atoms with Crippen molar-refractivity contribution in [1.82, 2.24) is 19.9 Å². The quantitative estimate of drug-likeness (QED) is 0.385. The number of benzene rings is 2. The van der Waals surface area contributed by atoms with Crippen molar-refractivity contribution in [3.8, 4) is 5.75 Å². The zero-order chi connectivity index (χ0) is 22.0. The molecule has 8 heteroatoms. The molecule has 0 radical (unpaired) electrons. The summed E-state index contributed by atoms with van der Waals surface area (Å²) in [5, 5.41) is 3.77. The highest BCUT2D eigenvalue weighted by molar-refractivity contribution is 7.71. The van der Waals surface area contributed by atoms with Gasteiger partial charge >= 0.3 is 0 Å². The Labute approximate surface area is 184 Å². The molecule has 0 aliphatic carbocycles. The number of nitrogens with one attached hydrogen (secondary N) is 3. The van der Waals surface area contributed by atoms with Gasteiger partial charge in [0.2, 0.25) is 5.91 Å². The summed E-state index contributed by atoms with van der Waals surface area (Å²) in [6.45, 7) is 1.82. The molecule has 1 amide bonds. The molecule has 3 N–H and O–H groups in total. The van der Waals surface area contributed by atoms with Crippen LogP contribution in [-0.2, 0) is 17.8 Å². The maximum Gasteiger partial charge on any atom is 0.279 e. The fourth-order valence-corrected chi connectivity index (χ4v) is 3.95. The van der Waals surface area contributed by atoms with E-state index in [-0.39, 0.29) is 28.8 Å². The molecule has 4 aromatic rings. The first kappa shape index (κ1) is 20.9. The van der Waals surface area contributed by atoms with Gasteiger partial charge in [-0.25, -0.2) is 0 Å². The van der Waals surface area contributed by atoms with Crippen LogP contribution in [0, 0.1) is 4.77 Å². The number of nitrogens with zero attached hydrogens (tertiary/aromatic N) is 1. The summed E-state index contributed by atoms with van der Waals surface area (Å²) >= 11 is 5.39. The fraction of sp³-hybridized carbons (Fsp3) is 0.261. The van der Waals surface area contributed by atoms with E-state index in [2.05, 4.69) is 27.4 Å². The van der Waals surface area contributed by atoms with Crippen molar-refractivity contribution < 1.29 is 9.53 Å². The summed E-state index contributed by atoms with van der Waals surface area (Å²) in [5.41, 5.74) is 2.66. The average molecular weight is 437 g/mol. The Hall–Kier alpha value is -3.39. The van der Waals surface area contributed by atoms with Gasteiger partial charge in [0.25, 0.3) is 5.56 Å². The lowest BCUT2D eigenvalue weighted by atomic mass is 10.1. The van der Waals surface area contributed by atoms with E-state index in [1.807, 2.05) is 43.3 Å². The summed E-state index contributed by atoms with van der Waals surface area (Å²) in [7, 11) is 1.59. The van der Waals surface area contributed by atoms with Crippen molar-refractivity contribution in [3.63, 3.8) is 0 Å². The maximum atomic E-state index is 13.0. The van der Waals surface area contributed by atoms with Crippen molar-refractivity contribution >= 4 is 40.1 Å². The molecule has 0 aliphatic heterocycles. The molecule has 0 bridgehead atoms. The summed E-state index contributed by atoms with van der Waals surface area (Å²) < 4.78 is 6.76. The highest BCUT2D eigenvalue weighted by Gasteiger charge is 2.15. The van der Waals surface area contributed by atoms with Gasteiger partial charge in [0.05, 0.1) is 12.6 Å². The van der Waals surface area contributed by atoms with E-state index in [9.17, 15) is 9.59 Å². The van der Waals surface area contributed by atoms with Crippen LogP contribution in [0.1, 0.15) is 18.9 Å². The molecule has 160 valence electrons. The number of carbonyl (C=O) groups is 1. The Balaban J connectivity index is 1.52. The Morgan fingerprint density at radius 3 is 2.68 bits per heavy atom. The molecule has 2 heterocycles. The lowest BCUT2D eigenvalue weighted by Crippen LogP contribution is -2.38. The van der Waals surface area contributed by atoms with Crippen molar-refractivity contribution in [2.75, 3.05) is 7.11 Å². The third-order valence-corrected chi connectivity index (χ3v) is 5.68. The Morgan fingerprint density at radius 2 is 1.94 bits per heavy atom. The minimum atomic E-state index is -0.332. The van der Waals surface area contributed by atoms with Crippen molar-refractivity contribution in [2.24, 2.45) is 0 Å². The van der Waals surface area contributed by atoms with E-state index in [1.54, 1.807) is 7.11 Å². The summed E-state index contributed by atoms with van der Waals surface area (Å²) in [4.78, 5) is 31.8. The van der Waals surface area contributed by atoms with Crippen LogP contribution in [-0.4, -0.2) is 33.6 Å². The molecule has 0 unspecified atom stereocenters. The van der Waals surface area contributed by atoms with Gasteiger partial charge < -0.3 is 20.0 Å². The van der Waals surface area contributed by atoms with Gasteiger partial charge in [0.15, 0.2) is 4.77 Å². The van der Waals surface area contributed by atoms with Gasteiger partial charge in [-0.2, -0.15) is 0 Å². The fourth-order valence-electron chi connectivity index (χ4n) is 3.70. The molecule has 0 fully saturated rings. The van der Waals surface area contributed by atoms with E-state index >= 15 is 0 Å². The number of aromatic nitrogens is 3. The Morgan fingerprint density at radius 1 is 1.16 bits per heavy atom. The minimum absolute atomic E-state index is 0.0229. The van der Waals surface area contributed by atoms with Crippen LogP contribution in [0.4, 0.5) is 0 Å². The Bertz CT molecular complexity index is 1350. The second-order valence-corrected chi connectivity index (χ2v) is 7.99. The minimum Gasteiger partial charge on any atom is -0.497 e. The van der Waals surface area contributed by atoms with Crippen LogP contribution in [0.2, 0.25) is 0 Å². The van der Waals surface area contributed by atoms with Gasteiger partial charge in [-0.3, -0.25) is 14.2 Å². The topological polar surface area (TPSA) is 91.9 Å². The lowest BCUT2D eigenvalue weighted by Gasteiger charge is -2.14. The molecule has 0 spiro atoms. The van der Waals surface area contributed by atoms with E-state index < -0.39 is 0 Å². The first-order chi connectivity index (χ1) is 15.0. The van der Waals surface area contributed by atoms with Crippen LogP contribution in [0.3, 0.4) is 0 Å². The first-order valence-corrected chi connectivity index (χ1v) is 10.5. The smallest absolute Gasteiger partial charge is 0.279 e. The monoisotopic (exact) mass is 436 g/mol. The van der Waals surface area contributed by atoms with Crippen molar-refractivity contribution in [2.45, 2.75) is 32.4 Å². The molecular weight excluding hydrogens is 412 g/mol. The number of carbonyl (C=O) groups excluding carboxylic acids is 1. The summed E-state index contributed by atoms with van der Waals surface area (Å²) in [5.74, 6) is 0.431. The number of fused-ring (bicyclic) bond motifs is 3. The molecule has 0 aliphatic rings. The summed E-state index contributed by atoms with van der Waals surface area (Å²) in [6, 6.07) is 15.6. The number of ether oxygens (including phenoxy) is 1. The lowest BCUT2D eigenvalue weighted by molar-refractivity contribution is -0.122. The molecule has 2 aromatic carbocycles. The summed E-state index contributed by atoms with van der Waals surface area (Å²) in [6.07, 6.45) is 1.67. The van der Waals surface area contributed by atoms with Crippen LogP contribution in [0.15, 0.2) is 53.3 Å². The second-order valence-electron chi connectivity index (χ2n) is 7.60. The molecule has 7 nitrogen and oxygen atoms in total. The van der Waals surface area contributed by atoms with Crippen molar-refractivity contribution in [3.05, 3.63) is 69.2 Å². The van der Waals surface area contributed by atoms with Gasteiger partial charge in [-0.15, -0.1) is 0 Å². The number of hydrogen-bond acceptors (Lipinski definition) is 4. The van der Waals surface area contributed by atoms with Crippen LogP contribution >= 0.6 is 12.2 Å². The van der Waals surface area contributed by atoms with Gasteiger partial charge in [-0.1, -0.05) is 30.3 Å². The van der Waals surface area contributed by atoms with Gasteiger partial charge in [0, 0.05) is 16.9 Å². The predicted octanol–water partition coefficient (Wildman–Crippen LogP) is 3.69. The average Bonchev–Trinajstić information content (AvgIpc) is 3.13. The number of methoxy groups -OCH3 is 1. The van der Waals surface area contributed by atoms with E-state index in [1.165, 1.54) is 10.1 Å². The number of hydrogen-bond donors (Lipinski definition) is 3. The van der Waals surface area contributed by atoms with Crippen LogP contribution in [0.25, 0.3) is 21.9 Å². The SMILES string of the molecule is COc1ccc2[nH]c3c(=O)n(CC(=O)N[C@H](C)CCc4ccccc4)c(=S)[nH]c3c2c1. The van der Waals surface area contributed by atoms with E-state index in [0.29, 0.717) is 16.8 Å². The van der Waals surface area contributed by atoms with Gasteiger partial charge in [-0.05, 0) is 55.7 Å². The molecule has 4 rings (SSSR count). The third kappa shape index (κ3) is 4.39. The highest BCUT2D eigenvalue weighted by atomic mass is 32.1. The number of rotatable bonds is 7. The first-order valence-electron chi connectivity index (χ1n) is 10.1. The predicted molar refractivity (Wildman–Crippen MR) is 124 cm³/mol. The highest BCUT2D eigenvalue weighted by Crippen LogP contribution is 2.25. The van der Waals surface area contributed by atoms with Crippen LogP contribution < -0.4 is 15.6 Å². The number of H-pyrrole nitrogens is 2. The number of aryl methyl sites for hydroxylation is 1. The second kappa shape index (κ2) is 8.77. The maximum absolute atomic E-state index is 13.0. The van der Waals surface area contributed by atoms with E-state index in [0.717, 1.165) is 23.7 Å². The molecule has 2 aromatic heterocycles. The zero-order valence-electron chi connectivity index (χ0n) is 17.4.